The first kappa shape index (κ1) is 14.1. The van der Waals surface area contributed by atoms with Gasteiger partial charge in [-0.25, -0.2) is 0 Å². The zero-order chi connectivity index (χ0) is 13.7. The minimum Gasteiger partial charge on any atom is -0.478 e. The van der Waals surface area contributed by atoms with Gasteiger partial charge in [-0.05, 0) is 31.7 Å². The van der Waals surface area contributed by atoms with Gasteiger partial charge >= 0.3 is 0 Å². The van der Waals surface area contributed by atoms with Crippen LogP contribution in [0.2, 0.25) is 0 Å². The molecule has 1 aliphatic rings. The number of nitrogens with two attached hydrogens (primary N) is 1. The predicted molar refractivity (Wildman–Crippen MR) is 78.4 cm³/mol. The Bertz CT molecular complexity index is 410. The van der Waals surface area contributed by atoms with Crippen LogP contribution in [0.3, 0.4) is 0 Å². The van der Waals surface area contributed by atoms with E-state index in [2.05, 4.69) is 17.2 Å². The van der Waals surface area contributed by atoms with Gasteiger partial charge in [0.2, 0.25) is 5.88 Å². The highest BCUT2D eigenvalue weighted by atomic mass is 16.5. The number of rotatable bonds is 5. The maximum absolute atomic E-state index is 6.05. The molecule has 1 heterocycles. The largest absolute Gasteiger partial charge is 0.478 e. The van der Waals surface area contributed by atoms with Gasteiger partial charge in [-0.2, -0.15) is 4.98 Å². The molecule has 106 valence electrons. The maximum atomic E-state index is 6.05. The van der Waals surface area contributed by atoms with Crippen LogP contribution in [-0.4, -0.2) is 23.7 Å². The molecule has 2 rings (SSSR count). The molecule has 0 bridgehead atoms. The second kappa shape index (κ2) is 6.24. The summed E-state index contributed by atoms with van der Waals surface area (Å²) in [5.74, 6) is 2.11. The van der Waals surface area contributed by atoms with Gasteiger partial charge in [0.1, 0.15) is 5.82 Å². The highest BCUT2D eigenvalue weighted by Crippen LogP contribution is 2.35. The fourth-order valence-electron chi connectivity index (χ4n) is 2.92. The number of hydrogen-bond acceptors (Lipinski definition) is 4. The SMILES string of the molecule is CCOc1cccc(NC2(CN)CCCCC2C)n1. The van der Waals surface area contributed by atoms with Crippen molar-refractivity contribution in [3.63, 3.8) is 0 Å². The molecule has 0 spiro atoms. The highest BCUT2D eigenvalue weighted by Gasteiger charge is 2.37. The fourth-order valence-corrected chi connectivity index (χ4v) is 2.92. The summed E-state index contributed by atoms with van der Waals surface area (Å²) in [6.45, 7) is 5.53. The van der Waals surface area contributed by atoms with E-state index < -0.39 is 0 Å². The Morgan fingerprint density at radius 2 is 2.32 bits per heavy atom. The van der Waals surface area contributed by atoms with Crippen LogP contribution in [0.25, 0.3) is 0 Å². The fraction of sp³-hybridized carbons (Fsp3) is 0.667. The maximum Gasteiger partial charge on any atom is 0.215 e. The lowest BCUT2D eigenvalue weighted by atomic mass is 9.73. The van der Waals surface area contributed by atoms with Crippen molar-refractivity contribution < 1.29 is 4.74 Å². The second-order valence-electron chi connectivity index (χ2n) is 5.43. The van der Waals surface area contributed by atoms with E-state index in [1.54, 1.807) is 0 Å². The van der Waals surface area contributed by atoms with Gasteiger partial charge in [0.05, 0.1) is 12.1 Å². The summed E-state index contributed by atoms with van der Waals surface area (Å²) >= 11 is 0. The summed E-state index contributed by atoms with van der Waals surface area (Å²) in [4.78, 5) is 4.50. The van der Waals surface area contributed by atoms with Crippen LogP contribution in [0.4, 0.5) is 5.82 Å². The van der Waals surface area contributed by atoms with Crippen LogP contribution >= 0.6 is 0 Å². The van der Waals surface area contributed by atoms with Crippen molar-refractivity contribution in [2.75, 3.05) is 18.5 Å². The summed E-state index contributed by atoms with van der Waals surface area (Å²) < 4.78 is 5.45. The van der Waals surface area contributed by atoms with Gasteiger partial charge in [-0.15, -0.1) is 0 Å². The summed E-state index contributed by atoms with van der Waals surface area (Å²) in [6.07, 6.45) is 4.89. The molecule has 3 N–H and O–H groups in total. The van der Waals surface area contributed by atoms with Gasteiger partial charge in [-0.1, -0.05) is 25.8 Å². The van der Waals surface area contributed by atoms with E-state index >= 15 is 0 Å². The highest BCUT2D eigenvalue weighted by molar-refractivity contribution is 5.41. The Labute approximate surface area is 115 Å². The molecule has 1 aromatic rings. The Morgan fingerprint density at radius 3 is 3.00 bits per heavy atom. The summed E-state index contributed by atoms with van der Waals surface area (Å²) in [7, 11) is 0. The van der Waals surface area contributed by atoms with Crippen molar-refractivity contribution in [2.24, 2.45) is 11.7 Å². The third kappa shape index (κ3) is 3.18. The lowest BCUT2D eigenvalue weighted by Crippen LogP contribution is -2.52. The zero-order valence-corrected chi connectivity index (χ0v) is 12.0. The molecule has 2 atom stereocenters. The minimum absolute atomic E-state index is 0.0178. The van der Waals surface area contributed by atoms with Crippen molar-refractivity contribution in [1.82, 2.24) is 4.98 Å². The van der Waals surface area contributed by atoms with Crippen molar-refractivity contribution in [2.45, 2.75) is 45.1 Å². The molecule has 2 unspecified atom stereocenters. The van der Waals surface area contributed by atoms with Gasteiger partial charge in [-0.3, -0.25) is 0 Å². The van der Waals surface area contributed by atoms with Crippen molar-refractivity contribution in [3.8, 4) is 5.88 Å². The number of hydrogen-bond donors (Lipinski definition) is 2. The first-order valence-electron chi connectivity index (χ1n) is 7.28. The number of nitrogens with zero attached hydrogens (tertiary/aromatic N) is 1. The number of pyridine rings is 1. The van der Waals surface area contributed by atoms with Gasteiger partial charge < -0.3 is 15.8 Å². The third-order valence-electron chi connectivity index (χ3n) is 4.21. The number of anilines is 1. The number of aromatic nitrogens is 1. The Morgan fingerprint density at radius 1 is 1.47 bits per heavy atom. The van der Waals surface area contributed by atoms with Gasteiger partial charge in [0.25, 0.3) is 0 Å². The van der Waals surface area contributed by atoms with Crippen LogP contribution in [0.5, 0.6) is 5.88 Å². The van der Waals surface area contributed by atoms with E-state index in [1.165, 1.54) is 19.3 Å². The molecular formula is C15H25N3O. The first-order chi connectivity index (χ1) is 9.20. The molecule has 4 heteroatoms. The average Bonchev–Trinajstić information content (AvgIpc) is 2.42. The predicted octanol–water partition coefficient (Wildman–Crippen LogP) is 2.80. The smallest absolute Gasteiger partial charge is 0.215 e. The van der Waals surface area contributed by atoms with E-state index in [9.17, 15) is 0 Å². The standard InChI is InChI=1S/C15H25N3O/c1-3-19-14-9-6-8-13(17-14)18-15(11-16)10-5-4-7-12(15)2/h6,8-9,12H,3-5,7,10-11,16H2,1-2H3,(H,17,18). The molecule has 19 heavy (non-hydrogen) atoms. The van der Waals surface area contributed by atoms with Crippen LogP contribution in [0.15, 0.2) is 18.2 Å². The number of nitrogens with one attached hydrogen (secondary N) is 1. The Balaban J connectivity index is 2.15. The second-order valence-corrected chi connectivity index (χ2v) is 5.43. The normalized spacial score (nSPS) is 27.0. The summed E-state index contributed by atoms with van der Waals surface area (Å²) in [5.41, 5.74) is 6.03. The lowest BCUT2D eigenvalue weighted by molar-refractivity contribution is 0.234. The monoisotopic (exact) mass is 263 g/mol. The molecule has 4 nitrogen and oxygen atoms in total. The van der Waals surface area contributed by atoms with Crippen molar-refractivity contribution >= 4 is 5.82 Å². The van der Waals surface area contributed by atoms with E-state index in [0.717, 1.165) is 12.2 Å². The van der Waals surface area contributed by atoms with Crippen molar-refractivity contribution in [3.05, 3.63) is 18.2 Å². The zero-order valence-electron chi connectivity index (χ0n) is 12.0. The van der Waals surface area contributed by atoms with E-state index in [0.29, 0.717) is 24.9 Å². The molecule has 1 saturated carbocycles. The molecule has 0 saturated heterocycles. The topological polar surface area (TPSA) is 60.2 Å². The summed E-state index contributed by atoms with van der Waals surface area (Å²) in [5, 5.41) is 3.58. The van der Waals surface area contributed by atoms with Gasteiger partial charge in [0.15, 0.2) is 0 Å². The van der Waals surface area contributed by atoms with Crippen LogP contribution in [0.1, 0.15) is 39.5 Å². The molecular weight excluding hydrogens is 238 g/mol. The molecule has 1 aliphatic carbocycles. The average molecular weight is 263 g/mol. The van der Waals surface area contributed by atoms with Crippen molar-refractivity contribution in [1.29, 1.82) is 0 Å². The molecule has 0 aliphatic heterocycles. The lowest BCUT2D eigenvalue weighted by Gasteiger charge is -2.43. The molecule has 1 aromatic heterocycles. The number of ether oxygens (including phenoxy) is 1. The van der Waals surface area contributed by atoms with Crippen LogP contribution in [0, 0.1) is 5.92 Å². The summed E-state index contributed by atoms with van der Waals surface area (Å²) in [6, 6.07) is 5.84. The Hall–Kier alpha value is -1.29. The molecule has 1 fully saturated rings. The minimum atomic E-state index is -0.0178. The van der Waals surface area contributed by atoms with E-state index in [4.69, 9.17) is 10.5 Å². The van der Waals surface area contributed by atoms with Crippen LogP contribution < -0.4 is 15.8 Å². The molecule has 0 amide bonds. The Kier molecular flexibility index (Phi) is 4.64. The van der Waals surface area contributed by atoms with Crippen LogP contribution in [-0.2, 0) is 0 Å². The quantitative estimate of drug-likeness (QED) is 0.857. The van der Waals surface area contributed by atoms with Gasteiger partial charge in [0, 0.05) is 12.6 Å². The third-order valence-corrected chi connectivity index (χ3v) is 4.21. The first-order valence-corrected chi connectivity index (χ1v) is 7.28. The molecule has 0 radical (unpaired) electrons. The molecule has 0 aromatic carbocycles. The van der Waals surface area contributed by atoms with E-state index in [-0.39, 0.29) is 5.54 Å². The van der Waals surface area contributed by atoms with E-state index in [1.807, 2.05) is 25.1 Å².